The number of fused-ring (bicyclic) bond motifs is 4. The Morgan fingerprint density at radius 1 is 0.550 bits per heavy atom. The zero-order valence-corrected chi connectivity index (χ0v) is 25.7. The van der Waals surface area contributed by atoms with E-state index in [2.05, 4.69) is 24.3 Å². The van der Waals surface area contributed by atoms with Crippen LogP contribution in [0.5, 0.6) is 0 Å². The van der Waals surface area contributed by atoms with Gasteiger partial charge < -0.3 is 0 Å². The van der Waals surface area contributed by atoms with Crippen LogP contribution in [0.4, 0.5) is 0 Å². The Hall–Kier alpha value is -0.660. The van der Waals surface area contributed by atoms with Crippen molar-refractivity contribution in [3.63, 3.8) is 0 Å². The van der Waals surface area contributed by atoms with E-state index in [1.165, 1.54) is 77.0 Å². The quantitative estimate of drug-likeness (QED) is 0.256. The molecule has 0 radical (unpaired) electrons. The molecule has 0 saturated heterocycles. The van der Waals surface area contributed by atoms with Gasteiger partial charge in [-0.1, -0.05) is 24.3 Å². The Kier molecular flexibility index (Phi) is 7.27. The second-order valence-corrected chi connectivity index (χ2v) is 17.6. The first kappa shape index (κ1) is 26.9. The Labute approximate surface area is 245 Å². The molecule has 0 aromatic carbocycles. The first-order valence-electron chi connectivity index (χ1n) is 18.6. The summed E-state index contributed by atoms with van der Waals surface area (Å²) in [7, 11) is 0. The van der Waals surface area contributed by atoms with Crippen LogP contribution in [-0.2, 0) is 0 Å². The average Bonchev–Trinajstić information content (AvgIpc) is 2.95. The standard InChI is InChI=1S/C38H59NO/c1-38(18-19-39-40)22-33-15-11-27-5-2-24-6-7-28-10-14-31-20-29(28)12-8-25(24)3-4-26(27)9-13-30(33)21-32-16-17-34-35(23-38)37(32)36(31)34/h3-4,24-37H,2,5-23H2,1H3/b4-3-/t24?,25?,26?,27?,28?,29?,30?,31?,32?,33?,34?,35?,36?,37?,38-/m0/s1. The number of hydrogen-bond donors (Lipinski definition) is 0. The molecule has 0 aliphatic heterocycles. The molecule has 15 atom stereocenters. The largest absolute Gasteiger partial charge is 0.151 e. The normalized spacial score (nSPS) is 55.9. The smallest absolute Gasteiger partial charge is 0.0816 e. The van der Waals surface area contributed by atoms with Crippen molar-refractivity contribution in [2.24, 2.45) is 93.4 Å². The van der Waals surface area contributed by atoms with Crippen LogP contribution in [0.3, 0.4) is 0 Å². The Bertz CT molecular complexity index is 957. The van der Waals surface area contributed by atoms with Gasteiger partial charge in [-0.05, 0) is 210 Å². The lowest BCUT2D eigenvalue weighted by Gasteiger charge is -2.65. The molecule has 10 bridgehead atoms. The van der Waals surface area contributed by atoms with E-state index in [-0.39, 0.29) is 0 Å². The summed E-state index contributed by atoms with van der Waals surface area (Å²) in [6, 6.07) is 0. The fourth-order valence-corrected chi connectivity index (χ4v) is 14.1. The van der Waals surface area contributed by atoms with Crippen LogP contribution in [0.25, 0.3) is 0 Å². The van der Waals surface area contributed by atoms with E-state index in [0.29, 0.717) is 12.0 Å². The zero-order chi connectivity index (χ0) is 26.8. The first-order valence-corrected chi connectivity index (χ1v) is 18.6. The lowest BCUT2D eigenvalue weighted by atomic mass is 9.40. The second kappa shape index (κ2) is 10.8. The van der Waals surface area contributed by atoms with Gasteiger partial charge in [-0.15, -0.1) is 0 Å². The zero-order valence-electron chi connectivity index (χ0n) is 25.7. The van der Waals surface area contributed by atoms with Crippen LogP contribution in [0.15, 0.2) is 17.3 Å². The van der Waals surface area contributed by atoms with Crippen LogP contribution in [0, 0.1) is 93.2 Å². The monoisotopic (exact) mass is 545 g/mol. The molecule has 7 saturated carbocycles. The number of rotatable bonds is 3. The molecular weight excluding hydrogens is 486 g/mol. The van der Waals surface area contributed by atoms with Crippen LogP contribution in [0.2, 0.25) is 0 Å². The van der Waals surface area contributed by atoms with E-state index < -0.39 is 0 Å². The van der Waals surface area contributed by atoms with Crippen molar-refractivity contribution in [3.8, 4) is 0 Å². The van der Waals surface area contributed by atoms with Gasteiger partial charge in [0.15, 0.2) is 0 Å². The van der Waals surface area contributed by atoms with E-state index in [0.717, 1.165) is 89.3 Å². The molecule has 40 heavy (non-hydrogen) atoms. The minimum absolute atomic E-state index is 0.332. The third kappa shape index (κ3) is 4.71. The molecule has 9 aliphatic rings. The third-order valence-electron chi connectivity index (χ3n) is 16.0. The SMILES string of the molecule is C[C@]1(CCN=O)CC2CCC3CCC4CCC5CCC6CC5CCC4/C=C\C3CCC2CC2CCC3C(C1)C2C63. The predicted octanol–water partition coefficient (Wildman–Crippen LogP) is 10.5. The molecule has 14 unspecified atom stereocenters. The summed E-state index contributed by atoms with van der Waals surface area (Å²) in [5.74, 6) is 13.6. The van der Waals surface area contributed by atoms with Crippen molar-refractivity contribution in [3.05, 3.63) is 17.1 Å². The topological polar surface area (TPSA) is 29.4 Å². The van der Waals surface area contributed by atoms with E-state index in [4.69, 9.17) is 0 Å². The van der Waals surface area contributed by atoms with Gasteiger partial charge in [0.2, 0.25) is 0 Å². The first-order chi connectivity index (χ1) is 19.6. The van der Waals surface area contributed by atoms with Gasteiger partial charge >= 0.3 is 0 Å². The lowest BCUT2D eigenvalue weighted by molar-refractivity contribution is -0.162. The van der Waals surface area contributed by atoms with Crippen molar-refractivity contribution < 1.29 is 0 Å². The van der Waals surface area contributed by atoms with Gasteiger partial charge in [-0.25, -0.2) is 0 Å². The predicted molar refractivity (Wildman–Crippen MR) is 164 cm³/mol. The summed E-state index contributed by atoms with van der Waals surface area (Å²) in [5.41, 5.74) is 0.332. The molecule has 0 aromatic heterocycles. The lowest BCUT2D eigenvalue weighted by Crippen LogP contribution is -2.58. The highest BCUT2D eigenvalue weighted by atomic mass is 16.3. The van der Waals surface area contributed by atoms with Gasteiger partial charge in [-0.3, -0.25) is 0 Å². The molecule has 0 amide bonds. The number of nitrogens with zero attached hydrogens (tertiary/aromatic N) is 1. The average molecular weight is 546 g/mol. The van der Waals surface area contributed by atoms with E-state index in [9.17, 15) is 4.91 Å². The van der Waals surface area contributed by atoms with Crippen molar-refractivity contribution >= 4 is 0 Å². The van der Waals surface area contributed by atoms with Crippen molar-refractivity contribution in [2.75, 3.05) is 6.54 Å². The van der Waals surface area contributed by atoms with E-state index in [1.54, 1.807) is 38.5 Å². The summed E-state index contributed by atoms with van der Waals surface area (Å²) in [5, 5.41) is 3.45. The summed E-state index contributed by atoms with van der Waals surface area (Å²) in [6.45, 7) is 3.17. The van der Waals surface area contributed by atoms with Gasteiger partial charge in [0, 0.05) is 0 Å². The van der Waals surface area contributed by atoms with Crippen LogP contribution < -0.4 is 0 Å². The maximum atomic E-state index is 11.4. The maximum Gasteiger partial charge on any atom is 0.0816 e. The highest BCUT2D eigenvalue weighted by Gasteiger charge is 2.60. The highest BCUT2D eigenvalue weighted by Crippen LogP contribution is 2.68. The number of allylic oxidation sites excluding steroid dienone is 2. The molecule has 222 valence electrons. The fraction of sp³-hybridized carbons (Fsp3) is 0.947. The number of hydrogen-bond acceptors (Lipinski definition) is 2. The van der Waals surface area contributed by atoms with Gasteiger partial charge in [0.25, 0.3) is 0 Å². The van der Waals surface area contributed by atoms with Crippen molar-refractivity contribution in [2.45, 2.75) is 129 Å². The van der Waals surface area contributed by atoms with Gasteiger partial charge in [0.1, 0.15) is 0 Å². The maximum absolute atomic E-state index is 11.4. The van der Waals surface area contributed by atoms with Crippen LogP contribution in [-0.4, -0.2) is 6.54 Å². The van der Waals surface area contributed by atoms with Crippen LogP contribution in [0.1, 0.15) is 129 Å². The molecule has 7 fully saturated rings. The number of nitroso groups, excluding NO2 is 1. The summed E-state index contributed by atoms with van der Waals surface area (Å²) >= 11 is 0. The summed E-state index contributed by atoms with van der Waals surface area (Å²) in [6.07, 6.45) is 33.9. The summed E-state index contributed by atoms with van der Waals surface area (Å²) < 4.78 is 0. The van der Waals surface area contributed by atoms with Crippen LogP contribution >= 0.6 is 0 Å². The van der Waals surface area contributed by atoms with Crippen molar-refractivity contribution in [1.82, 2.24) is 0 Å². The Morgan fingerprint density at radius 3 is 1.70 bits per heavy atom. The summed E-state index contributed by atoms with van der Waals surface area (Å²) in [4.78, 5) is 11.4. The molecule has 2 nitrogen and oxygen atoms in total. The molecule has 0 aromatic rings. The minimum atomic E-state index is 0.332. The highest BCUT2D eigenvalue weighted by molar-refractivity contribution is 5.10. The van der Waals surface area contributed by atoms with Crippen molar-refractivity contribution in [1.29, 1.82) is 0 Å². The van der Waals surface area contributed by atoms with E-state index in [1.807, 2.05) is 0 Å². The molecule has 0 spiro atoms. The molecule has 0 heterocycles. The fourth-order valence-electron chi connectivity index (χ4n) is 14.1. The molecule has 0 N–H and O–H groups in total. The van der Waals surface area contributed by atoms with Gasteiger partial charge in [0.05, 0.1) is 6.54 Å². The molecule has 2 heteroatoms. The van der Waals surface area contributed by atoms with Gasteiger partial charge in [-0.2, -0.15) is 4.91 Å². The molecule has 9 rings (SSSR count). The molecular formula is C38H59NO. The molecule has 9 aliphatic carbocycles. The van der Waals surface area contributed by atoms with E-state index >= 15 is 0 Å². The third-order valence-corrected chi connectivity index (χ3v) is 16.0. The Balaban J connectivity index is 1.20. The Morgan fingerprint density at radius 2 is 1.05 bits per heavy atom. The second-order valence-electron chi connectivity index (χ2n) is 17.6. The minimum Gasteiger partial charge on any atom is -0.151 e.